The Morgan fingerprint density at radius 2 is 1.95 bits per heavy atom. The lowest BCUT2D eigenvalue weighted by Gasteiger charge is -2.38. The van der Waals surface area contributed by atoms with Crippen molar-refractivity contribution in [1.82, 2.24) is 4.90 Å². The number of carbonyl (C=O) groups is 1. The highest BCUT2D eigenvalue weighted by Gasteiger charge is 2.29. The molecule has 0 spiro atoms. The molecule has 4 heteroatoms. The first-order valence-electron chi connectivity index (χ1n) is 7.14. The van der Waals surface area contributed by atoms with Crippen LogP contribution in [0.1, 0.15) is 43.5 Å². The van der Waals surface area contributed by atoms with Gasteiger partial charge in [-0.3, -0.25) is 9.69 Å². The molecule has 1 aliphatic rings. The van der Waals surface area contributed by atoms with Crippen LogP contribution in [-0.2, 0) is 0 Å². The lowest BCUT2D eigenvalue weighted by molar-refractivity contribution is 0.0813. The van der Waals surface area contributed by atoms with Crippen molar-refractivity contribution in [3.63, 3.8) is 0 Å². The minimum absolute atomic E-state index is 0.0533. The Hall–Kier alpha value is -0.570. The Bertz CT molecular complexity index is 493. The van der Waals surface area contributed by atoms with Gasteiger partial charge in [-0.2, -0.15) is 0 Å². The fraction of sp³-hybridized carbons (Fsp3) is 0.562. The maximum atomic E-state index is 12.3. The molecule has 2 rings (SSSR count). The van der Waals surface area contributed by atoms with Gasteiger partial charge in [0.2, 0.25) is 0 Å². The number of benzene rings is 1. The van der Waals surface area contributed by atoms with Crippen LogP contribution in [-0.4, -0.2) is 30.3 Å². The summed E-state index contributed by atoms with van der Waals surface area (Å²) in [6.45, 7) is 6.97. The number of Topliss-reactive ketones (excluding diaryl/α,β-unsaturated/α-hetero) is 1. The summed E-state index contributed by atoms with van der Waals surface area (Å²) >= 11 is 12.0. The number of hydrogen-bond acceptors (Lipinski definition) is 2. The first-order valence-corrected chi connectivity index (χ1v) is 7.90. The highest BCUT2D eigenvalue weighted by molar-refractivity contribution is 6.36. The van der Waals surface area contributed by atoms with Crippen LogP contribution in [0.15, 0.2) is 18.2 Å². The number of rotatable bonds is 4. The van der Waals surface area contributed by atoms with Gasteiger partial charge >= 0.3 is 0 Å². The second-order valence-electron chi connectivity index (χ2n) is 5.99. The lowest BCUT2D eigenvalue weighted by atomic mass is 9.78. The molecule has 0 N–H and O–H groups in total. The number of carbonyl (C=O) groups excluding carboxylic acids is 1. The molecule has 0 atom stereocenters. The number of likely N-dealkylation sites (tertiary alicyclic amines) is 1. The topological polar surface area (TPSA) is 20.3 Å². The smallest absolute Gasteiger partial charge is 0.178 e. The van der Waals surface area contributed by atoms with Gasteiger partial charge in [0.05, 0.1) is 11.6 Å². The molecule has 1 aromatic rings. The van der Waals surface area contributed by atoms with Gasteiger partial charge in [0.1, 0.15) is 0 Å². The van der Waals surface area contributed by atoms with Crippen LogP contribution in [0.25, 0.3) is 0 Å². The summed E-state index contributed by atoms with van der Waals surface area (Å²) < 4.78 is 0. The lowest BCUT2D eigenvalue weighted by Crippen LogP contribution is -2.41. The maximum Gasteiger partial charge on any atom is 0.178 e. The predicted octanol–water partition coefficient (Wildman–Crippen LogP) is 4.69. The van der Waals surface area contributed by atoms with E-state index in [0.29, 0.717) is 27.6 Å². The van der Waals surface area contributed by atoms with E-state index in [0.717, 1.165) is 25.9 Å². The zero-order valence-corrected chi connectivity index (χ0v) is 13.6. The SMILES string of the molecule is CCC1(C)CCN(CC(=O)c2cc(Cl)ccc2Cl)CC1. The van der Waals surface area contributed by atoms with Gasteiger partial charge in [-0.1, -0.05) is 43.5 Å². The summed E-state index contributed by atoms with van der Waals surface area (Å²) in [7, 11) is 0. The van der Waals surface area contributed by atoms with E-state index in [1.54, 1.807) is 18.2 Å². The average molecular weight is 314 g/mol. The standard InChI is InChI=1S/C16H21Cl2NO/c1-3-16(2)6-8-19(9-7-16)11-15(20)13-10-12(17)4-5-14(13)18/h4-5,10H,3,6-9,11H2,1-2H3. The molecule has 2 nitrogen and oxygen atoms in total. The second-order valence-corrected chi connectivity index (χ2v) is 6.83. The van der Waals surface area contributed by atoms with E-state index in [9.17, 15) is 4.79 Å². The second kappa shape index (κ2) is 6.46. The molecule has 0 aromatic heterocycles. The van der Waals surface area contributed by atoms with Gasteiger partial charge in [0.15, 0.2) is 5.78 Å². The molecule has 110 valence electrons. The third-order valence-corrected chi connectivity index (χ3v) is 5.08. The molecule has 0 bridgehead atoms. The van der Waals surface area contributed by atoms with E-state index in [1.807, 2.05) is 0 Å². The van der Waals surface area contributed by atoms with Gasteiger partial charge in [-0.15, -0.1) is 0 Å². The quantitative estimate of drug-likeness (QED) is 0.752. The number of nitrogens with zero attached hydrogens (tertiary/aromatic N) is 1. The molecular formula is C16H21Cl2NO. The van der Waals surface area contributed by atoms with Crippen LogP contribution in [0.3, 0.4) is 0 Å². The van der Waals surface area contributed by atoms with Gasteiger partial charge in [-0.05, 0) is 49.5 Å². The summed E-state index contributed by atoms with van der Waals surface area (Å²) in [5, 5.41) is 1.03. The molecule has 0 unspecified atom stereocenters. The Balaban J connectivity index is 1.98. The van der Waals surface area contributed by atoms with Crippen molar-refractivity contribution in [2.75, 3.05) is 19.6 Å². The van der Waals surface area contributed by atoms with E-state index in [1.165, 1.54) is 6.42 Å². The van der Waals surface area contributed by atoms with Gasteiger partial charge in [0, 0.05) is 10.6 Å². The van der Waals surface area contributed by atoms with Crippen LogP contribution in [0.4, 0.5) is 0 Å². The van der Waals surface area contributed by atoms with Crippen molar-refractivity contribution in [3.05, 3.63) is 33.8 Å². The molecular weight excluding hydrogens is 293 g/mol. The minimum Gasteiger partial charge on any atom is -0.296 e. The fourth-order valence-corrected chi connectivity index (χ4v) is 3.00. The highest BCUT2D eigenvalue weighted by Crippen LogP contribution is 2.34. The van der Waals surface area contributed by atoms with Crippen molar-refractivity contribution in [2.24, 2.45) is 5.41 Å². The zero-order chi connectivity index (χ0) is 14.8. The van der Waals surface area contributed by atoms with Crippen molar-refractivity contribution in [2.45, 2.75) is 33.1 Å². The van der Waals surface area contributed by atoms with Crippen molar-refractivity contribution in [1.29, 1.82) is 0 Å². The molecule has 1 aliphatic heterocycles. The molecule has 1 saturated heterocycles. The minimum atomic E-state index is 0.0533. The van der Waals surface area contributed by atoms with Gasteiger partial charge < -0.3 is 0 Å². The molecule has 0 radical (unpaired) electrons. The third kappa shape index (κ3) is 3.75. The number of ketones is 1. The number of piperidine rings is 1. The van der Waals surface area contributed by atoms with Gasteiger partial charge in [0.25, 0.3) is 0 Å². The van der Waals surface area contributed by atoms with E-state index in [-0.39, 0.29) is 5.78 Å². The molecule has 1 aromatic carbocycles. The summed E-state index contributed by atoms with van der Waals surface area (Å²) in [5.74, 6) is 0.0533. The van der Waals surface area contributed by atoms with Crippen molar-refractivity contribution >= 4 is 29.0 Å². The summed E-state index contributed by atoms with van der Waals surface area (Å²) in [4.78, 5) is 14.6. The van der Waals surface area contributed by atoms with E-state index in [4.69, 9.17) is 23.2 Å². The Morgan fingerprint density at radius 1 is 1.30 bits per heavy atom. The first-order chi connectivity index (χ1) is 9.43. The largest absolute Gasteiger partial charge is 0.296 e. The summed E-state index contributed by atoms with van der Waals surface area (Å²) in [6.07, 6.45) is 3.51. The van der Waals surface area contributed by atoms with Crippen LogP contribution in [0.5, 0.6) is 0 Å². The van der Waals surface area contributed by atoms with Crippen LogP contribution in [0, 0.1) is 5.41 Å². The third-order valence-electron chi connectivity index (χ3n) is 4.51. The van der Waals surface area contributed by atoms with Gasteiger partial charge in [-0.25, -0.2) is 0 Å². The molecule has 20 heavy (non-hydrogen) atoms. The molecule has 0 amide bonds. The Morgan fingerprint density at radius 3 is 2.55 bits per heavy atom. The monoisotopic (exact) mass is 313 g/mol. The van der Waals surface area contributed by atoms with Crippen molar-refractivity contribution in [3.8, 4) is 0 Å². The predicted molar refractivity (Wildman–Crippen MR) is 84.9 cm³/mol. The molecule has 1 heterocycles. The fourth-order valence-electron chi connectivity index (χ4n) is 2.60. The normalized spacial score (nSPS) is 19.0. The van der Waals surface area contributed by atoms with Crippen LogP contribution >= 0.6 is 23.2 Å². The number of halogens is 2. The molecule has 0 aliphatic carbocycles. The first kappa shape index (κ1) is 15.8. The van der Waals surface area contributed by atoms with Crippen LogP contribution < -0.4 is 0 Å². The molecule has 1 fully saturated rings. The van der Waals surface area contributed by atoms with E-state index < -0.39 is 0 Å². The average Bonchev–Trinajstić information content (AvgIpc) is 2.44. The summed E-state index contributed by atoms with van der Waals surface area (Å²) in [5.41, 5.74) is 0.968. The van der Waals surface area contributed by atoms with E-state index >= 15 is 0 Å². The summed E-state index contributed by atoms with van der Waals surface area (Å²) in [6, 6.07) is 5.04. The maximum absolute atomic E-state index is 12.3. The van der Waals surface area contributed by atoms with Crippen LogP contribution in [0.2, 0.25) is 10.0 Å². The Labute approximate surface area is 131 Å². The van der Waals surface area contributed by atoms with Crippen molar-refractivity contribution < 1.29 is 4.79 Å². The number of hydrogen-bond donors (Lipinski definition) is 0. The highest BCUT2D eigenvalue weighted by atomic mass is 35.5. The van der Waals surface area contributed by atoms with E-state index in [2.05, 4.69) is 18.7 Å². The zero-order valence-electron chi connectivity index (χ0n) is 12.1. The Kier molecular flexibility index (Phi) is 5.11. The molecule has 0 saturated carbocycles.